The molecule has 0 amide bonds. The molecular weight excluding hydrogens is 653 g/mol. The van der Waals surface area contributed by atoms with Gasteiger partial charge in [-0.2, -0.15) is 0 Å². The third-order valence-corrected chi connectivity index (χ3v) is 11.9. The molecule has 0 fully saturated rings. The Labute approximate surface area is 318 Å². The summed E-state index contributed by atoms with van der Waals surface area (Å²) < 4.78 is 0. The van der Waals surface area contributed by atoms with E-state index in [1.54, 1.807) is 0 Å². The predicted molar refractivity (Wildman–Crippen MR) is 229 cm³/mol. The van der Waals surface area contributed by atoms with Crippen molar-refractivity contribution in [1.82, 2.24) is 0 Å². The van der Waals surface area contributed by atoms with Crippen LogP contribution in [0, 0.1) is 0 Å². The second-order valence-corrected chi connectivity index (χ2v) is 15.4. The summed E-state index contributed by atoms with van der Waals surface area (Å²) in [5.41, 5.74) is 18.9. The predicted octanol–water partition coefficient (Wildman–Crippen LogP) is 13.6. The second-order valence-electron chi connectivity index (χ2n) is 15.4. The van der Waals surface area contributed by atoms with Gasteiger partial charge in [-0.15, -0.1) is 0 Å². The van der Waals surface area contributed by atoms with Gasteiger partial charge in [0.1, 0.15) is 0 Å². The molecule has 0 aromatic heterocycles. The van der Waals surface area contributed by atoms with E-state index < -0.39 is 0 Å². The van der Waals surface area contributed by atoms with Gasteiger partial charge in [-0.1, -0.05) is 147 Å². The Morgan fingerprint density at radius 2 is 1.07 bits per heavy atom. The van der Waals surface area contributed by atoms with Crippen LogP contribution in [-0.2, 0) is 11.8 Å². The molecule has 10 rings (SSSR count). The summed E-state index contributed by atoms with van der Waals surface area (Å²) in [6, 6.07) is 65.2. The monoisotopic (exact) mass is 694 g/mol. The molecule has 260 valence electrons. The third-order valence-electron chi connectivity index (χ3n) is 11.9. The molecule has 2 heteroatoms. The molecular formula is C52H42N2. The molecule has 1 aliphatic carbocycles. The maximum atomic E-state index is 2.51. The van der Waals surface area contributed by atoms with Crippen LogP contribution in [-0.4, -0.2) is 13.6 Å². The molecule has 2 aliphatic rings. The molecule has 0 atom stereocenters. The minimum atomic E-state index is -0.144. The Bertz CT molecular complexity index is 2690. The number of nitrogens with zero attached hydrogens (tertiary/aromatic N) is 2. The van der Waals surface area contributed by atoms with Crippen molar-refractivity contribution in [3.8, 4) is 44.5 Å². The number of hydrogen-bond acceptors (Lipinski definition) is 2. The van der Waals surface area contributed by atoms with Crippen LogP contribution >= 0.6 is 0 Å². The van der Waals surface area contributed by atoms with Crippen molar-refractivity contribution >= 4 is 33.5 Å². The van der Waals surface area contributed by atoms with Crippen LogP contribution in [0.4, 0.5) is 22.7 Å². The number of benzene rings is 8. The number of likely N-dealkylation sites (N-methyl/N-ethyl adjacent to an activating group) is 1. The van der Waals surface area contributed by atoms with E-state index in [-0.39, 0.29) is 5.41 Å². The SMILES string of the molecule is CN1CCc2cccc(-c3cc4c(cc3N(c3ccc(-c5ccccc5)cc3)c3ccc5cc(-c6ccccc6)ccc5c3)C(C)(C)c3ccccc3-4)c21. The van der Waals surface area contributed by atoms with E-state index in [9.17, 15) is 0 Å². The summed E-state index contributed by atoms with van der Waals surface area (Å²) >= 11 is 0. The first-order valence-electron chi connectivity index (χ1n) is 19.1. The molecule has 0 unspecified atom stereocenters. The molecule has 0 bridgehead atoms. The molecule has 0 radical (unpaired) electrons. The van der Waals surface area contributed by atoms with E-state index in [0.717, 1.165) is 24.3 Å². The lowest BCUT2D eigenvalue weighted by atomic mass is 9.81. The molecule has 8 aromatic carbocycles. The molecule has 54 heavy (non-hydrogen) atoms. The van der Waals surface area contributed by atoms with E-state index >= 15 is 0 Å². The summed E-state index contributed by atoms with van der Waals surface area (Å²) in [6.45, 7) is 5.80. The van der Waals surface area contributed by atoms with Gasteiger partial charge < -0.3 is 9.80 Å². The molecule has 0 saturated carbocycles. The summed E-state index contributed by atoms with van der Waals surface area (Å²) in [7, 11) is 2.24. The van der Waals surface area contributed by atoms with E-state index in [2.05, 4.69) is 207 Å². The number of hydrogen-bond donors (Lipinski definition) is 0. The Balaban J connectivity index is 1.22. The lowest BCUT2D eigenvalue weighted by Gasteiger charge is -2.31. The number of rotatable bonds is 6. The smallest absolute Gasteiger partial charge is 0.0544 e. The zero-order valence-electron chi connectivity index (χ0n) is 31.1. The van der Waals surface area contributed by atoms with Crippen LogP contribution in [0.25, 0.3) is 55.3 Å². The van der Waals surface area contributed by atoms with Crippen LogP contribution in [0.1, 0.15) is 30.5 Å². The van der Waals surface area contributed by atoms with Gasteiger partial charge in [0.15, 0.2) is 0 Å². The van der Waals surface area contributed by atoms with E-state index in [1.165, 1.54) is 83.3 Å². The number of fused-ring (bicyclic) bond motifs is 5. The summed E-state index contributed by atoms with van der Waals surface area (Å²) in [5.74, 6) is 0. The van der Waals surface area contributed by atoms with Gasteiger partial charge in [0.25, 0.3) is 0 Å². The highest BCUT2D eigenvalue weighted by atomic mass is 15.2. The summed E-state index contributed by atoms with van der Waals surface area (Å²) in [4.78, 5) is 4.95. The van der Waals surface area contributed by atoms with Crippen molar-refractivity contribution < 1.29 is 0 Å². The van der Waals surface area contributed by atoms with Gasteiger partial charge in [0, 0.05) is 47.2 Å². The molecule has 1 aliphatic heterocycles. The third kappa shape index (κ3) is 5.24. The first-order valence-corrected chi connectivity index (χ1v) is 19.1. The minimum absolute atomic E-state index is 0.144. The number of anilines is 4. The highest BCUT2D eigenvalue weighted by Crippen LogP contribution is 2.55. The highest BCUT2D eigenvalue weighted by Gasteiger charge is 2.37. The topological polar surface area (TPSA) is 6.48 Å². The maximum Gasteiger partial charge on any atom is 0.0544 e. The van der Waals surface area contributed by atoms with Crippen LogP contribution in [0.5, 0.6) is 0 Å². The van der Waals surface area contributed by atoms with Crippen LogP contribution in [0.15, 0.2) is 176 Å². The Morgan fingerprint density at radius 1 is 0.463 bits per heavy atom. The summed E-state index contributed by atoms with van der Waals surface area (Å²) in [6.07, 6.45) is 1.07. The van der Waals surface area contributed by atoms with Crippen LogP contribution in [0.3, 0.4) is 0 Å². The molecule has 2 nitrogen and oxygen atoms in total. The largest absolute Gasteiger partial charge is 0.374 e. The fourth-order valence-corrected chi connectivity index (χ4v) is 9.04. The van der Waals surface area contributed by atoms with Crippen molar-refractivity contribution in [1.29, 1.82) is 0 Å². The van der Waals surface area contributed by atoms with Gasteiger partial charge in [0.2, 0.25) is 0 Å². The normalized spacial score (nSPS) is 13.8. The zero-order valence-corrected chi connectivity index (χ0v) is 31.1. The van der Waals surface area contributed by atoms with Crippen molar-refractivity contribution in [3.63, 3.8) is 0 Å². The lowest BCUT2D eigenvalue weighted by Crippen LogP contribution is -2.18. The minimum Gasteiger partial charge on any atom is -0.374 e. The van der Waals surface area contributed by atoms with Crippen molar-refractivity contribution in [2.45, 2.75) is 25.7 Å². The van der Waals surface area contributed by atoms with Gasteiger partial charge in [-0.3, -0.25) is 0 Å². The average Bonchev–Trinajstić information content (AvgIpc) is 3.71. The van der Waals surface area contributed by atoms with Crippen LogP contribution < -0.4 is 9.80 Å². The highest BCUT2D eigenvalue weighted by molar-refractivity contribution is 6.00. The van der Waals surface area contributed by atoms with Gasteiger partial charge in [0.05, 0.1) is 5.69 Å². The van der Waals surface area contributed by atoms with Crippen molar-refractivity contribution in [2.24, 2.45) is 0 Å². The fourth-order valence-electron chi connectivity index (χ4n) is 9.04. The number of para-hydroxylation sites is 1. The van der Waals surface area contributed by atoms with Gasteiger partial charge in [-0.05, 0) is 110 Å². The Morgan fingerprint density at radius 3 is 1.85 bits per heavy atom. The molecule has 0 spiro atoms. The Kier molecular flexibility index (Phi) is 7.56. The van der Waals surface area contributed by atoms with Gasteiger partial charge in [-0.25, -0.2) is 0 Å². The second kappa shape index (κ2) is 12.6. The molecule has 0 saturated heterocycles. The molecule has 0 N–H and O–H groups in total. The maximum absolute atomic E-state index is 2.51. The fraction of sp³-hybridized carbons (Fsp3) is 0.115. The first kappa shape index (κ1) is 32.3. The van der Waals surface area contributed by atoms with Crippen molar-refractivity contribution in [2.75, 3.05) is 23.4 Å². The zero-order chi connectivity index (χ0) is 36.4. The van der Waals surface area contributed by atoms with E-state index in [4.69, 9.17) is 0 Å². The molecule has 8 aromatic rings. The Hall–Kier alpha value is -6.38. The first-order chi connectivity index (χ1) is 26.4. The summed E-state index contributed by atoms with van der Waals surface area (Å²) in [5, 5.41) is 2.45. The molecule has 1 heterocycles. The lowest BCUT2D eigenvalue weighted by molar-refractivity contribution is 0.660. The quantitative estimate of drug-likeness (QED) is 0.171. The van der Waals surface area contributed by atoms with E-state index in [1.807, 2.05) is 0 Å². The average molecular weight is 695 g/mol. The van der Waals surface area contributed by atoms with Gasteiger partial charge >= 0.3 is 0 Å². The van der Waals surface area contributed by atoms with Crippen molar-refractivity contribution in [3.05, 3.63) is 193 Å². The standard InChI is InChI=1S/C52H42N2/c1-52(2)48-20-11-10-18-44(48)46-33-47(45-19-12-17-38-29-30-53(3)51(38)45)50(34-49(46)52)54(42-26-23-37(24-27-42)35-13-6-4-7-14-35)43-28-25-40-31-39(21-22-41(40)32-43)36-15-8-5-9-16-36/h4-28,31-34H,29-30H2,1-3H3. The van der Waals surface area contributed by atoms with E-state index in [0.29, 0.717) is 0 Å². The van der Waals surface area contributed by atoms with Crippen LogP contribution in [0.2, 0.25) is 0 Å².